The van der Waals surface area contributed by atoms with E-state index in [0.29, 0.717) is 19.3 Å². The predicted octanol–water partition coefficient (Wildman–Crippen LogP) is 9.16. The molecule has 13 nitrogen and oxygen atoms in total. The second-order valence-electron chi connectivity index (χ2n) is 15.3. The van der Waals surface area contributed by atoms with Crippen LogP contribution in [0.5, 0.6) is 0 Å². The number of esters is 2. The Labute approximate surface area is 387 Å². The van der Waals surface area contributed by atoms with Crippen LogP contribution < -0.4 is 0 Å². The van der Waals surface area contributed by atoms with Crippen LogP contribution in [0.1, 0.15) is 117 Å². The maximum atomic E-state index is 12.8. The highest BCUT2D eigenvalue weighted by atomic mass is 31.2. The molecule has 0 aromatic heterocycles. The second kappa shape index (κ2) is 39.2. The van der Waals surface area contributed by atoms with Gasteiger partial charge in [0.05, 0.1) is 6.61 Å². The van der Waals surface area contributed by atoms with Crippen LogP contribution in [0.4, 0.5) is 0 Å². The van der Waals surface area contributed by atoms with Gasteiger partial charge in [0.2, 0.25) is 0 Å². The monoisotopic (exact) mass is 929 g/mol. The molecule has 6 N–H and O–H groups in total. The van der Waals surface area contributed by atoms with E-state index in [4.69, 9.17) is 18.5 Å². The van der Waals surface area contributed by atoms with E-state index < -0.39 is 75.7 Å². The molecule has 0 amide bonds. The van der Waals surface area contributed by atoms with E-state index in [-0.39, 0.29) is 12.8 Å². The maximum Gasteiger partial charge on any atom is 0.472 e. The summed E-state index contributed by atoms with van der Waals surface area (Å²) in [6, 6.07) is 0. The molecule has 0 aromatic rings. The van der Waals surface area contributed by atoms with Gasteiger partial charge in [-0.2, -0.15) is 0 Å². The van der Waals surface area contributed by atoms with Crippen molar-refractivity contribution in [1.82, 2.24) is 0 Å². The van der Waals surface area contributed by atoms with E-state index in [0.717, 1.165) is 70.6 Å². The van der Waals surface area contributed by atoms with Crippen LogP contribution in [0.2, 0.25) is 0 Å². The van der Waals surface area contributed by atoms with Crippen LogP contribution in [0.25, 0.3) is 0 Å². The third-order valence-corrected chi connectivity index (χ3v) is 10.6. The highest BCUT2D eigenvalue weighted by Gasteiger charge is 2.51. The van der Waals surface area contributed by atoms with Crippen molar-refractivity contribution in [3.05, 3.63) is 134 Å². The Bertz CT molecular complexity index is 1640. The van der Waals surface area contributed by atoms with E-state index in [1.165, 1.54) is 0 Å². The van der Waals surface area contributed by atoms with Crippen LogP contribution in [0.3, 0.4) is 0 Å². The fraction of sp³-hybridized carbons (Fsp3) is 0.529. The number of hydrogen-bond donors (Lipinski definition) is 6. The summed E-state index contributed by atoms with van der Waals surface area (Å²) in [5.74, 6) is -1.23. The van der Waals surface area contributed by atoms with Crippen molar-refractivity contribution < 1.29 is 63.1 Å². The lowest BCUT2D eigenvalue weighted by atomic mass is 9.85. The molecule has 1 fully saturated rings. The van der Waals surface area contributed by atoms with Crippen molar-refractivity contribution in [2.75, 3.05) is 13.2 Å². The molecule has 0 heterocycles. The van der Waals surface area contributed by atoms with Gasteiger partial charge in [0.1, 0.15) is 43.2 Å². The Balaban J connectivity index is 2.49. The van der Waals surface area contributed by atoms with Crippen molar-refractivity contribution in [2.45, 2.75) is 159 Å². The largest absolute Gasteiger partial charge is 0.472 e. The number of carbonyl (C=O) groups excluding carboxylic acids is 2. The zero-order valence-electron chi connectivity index (χ0n) is 38.5. The van der Waals surface area contributed by atoms with Crippen LogP contribution in [0.15, 0.2) is 134 Å². The number of aliphatic hydroxyl groups is 5. The molecule has 0 aliphatic heterocycles. The summed E-state index contributed by atoms with van der Waals surface area (Å²) in [5.41, 5.74) is 0. The van der Waals surface area contributed by atoms with Crippen molar-refractivity contribution in [3.63, 3.8) is 0 Å². The lowest BCUT2D eigenvalue weighted by Gasteiger charge is -2.41. The first-order valence-electron chi connectivity index (χ1n) is 23.1. The van der Waals surface area contributed by atoms with Crippen LogP contribution in [0, 0.1) is 0 Å². The Morgan fingerprint density at radius 3 is 1.46 bits per heavy atom. The summed E-state index contributed by atoms with van der Waals surface area (Å²) in [7, 11) is -5.15. The molecule has 0 radical (unpaired) electrons. The topological polar surface area (TPSA) is 210 Å². The van der Waals surface area contributed by atoms with Gasteiger partial charge in [0, 0.05) is 12.8 Å². The van der Waals surface area contributed by atoms with Gasteiger partial charge in [0.25, 0.3) is 0 Å². The zero-order chi connectivity index (χ0) is 47.8. The maximum absolute atomic E-state index is 12.8. The minimum atomic E-state index is -5.15. The van der Waals surface area contributed by atoms with Gasteiger partial charge in [0.15, 0.2) is 6.10 Å². The molecule has 0 spiro atoms. The highest BCUT2D eigenvalue weighted by molar-refractivity contribution is 7.47. The molecule has 1 aliphatic carbocycles. The lowest BCUT2D eigenvalue weighted by molar-refractivity contribution is -0.220. The molecule has 0 saturated heterocycles. The Hall–Kier alpha value is -4.01. The van der Waals surface area contributed by atoms with Gasteiger partial charge in [-0.05, 0) is 77.0 Å². The Morgan fingerprint density at radius 2 is 0.923 bits per heavy atom. The normalized spacial score (nSPS) is 22.6. The number of phosphoric acid groups is 1. The molecular weight excluding hydrogens is 852 g/mol. The predicted molar refractivity (Wildman–Crippen MR) is 257 cm³/mol. The second-order valence-corrected chi connectivity index (χ2v) is 16.7. The summed E-state index contributed by atoms with van der Waals surface area (Å²) < 4.78 is 33.4. The van der Waals surface area contributed by atoms with Gasteiger partial charge in [-0.15, -0.1) is 0 Å². The van der Waals surface area contributed by atoms with Crippen LogP contribution in [-0.2, 0) is 32.7 Å². The van der Waals surface area contributed by atoms with Crippen molar-refractivity contribution >= 4 is 19.8 Å². The van der Waals surface area contributed by atoms with Crippen molar-refractivity contribution in [1.29, 1.82) is 0 Å². The molecular formula is C51H77O13P. The fourth-order valence-electron chi connectivity index (χ4n) is 5.97. The number of rotatable bonds is 35. The average Bonchev–Trinajstić information content (AvgIpc) is 3.29. The first kappa shape index (κ1) is 59.0. The van der Waals surface area contributed by atoms with Crippen LogP contribution in [-0.4, -0.2) is 98.3 Å². The minimum absolute atomic E-state index is 0.0150. The summed E-state index contributed by atoms with van der Waals surface area (Å²) in [6.07, 6.45) is 43.8. The Kier molecular flexibility index (Phi) is 35.6. The number of unbranched alkanes of at least 4 members (excludes halogenated alkanes) is 5. The standard InChI is InChI=1S/C51H77O13P/c1-3-5-7-9-11-13-15-17-18-19-20-21-22-23-24-25-26-28-29-31-33-35-37-39-44(52)61-41-43(42-62-65(59,60)64-51-49(57)47(55)46(54)48(56)50(51)58)63-45(53)40-38-36-34-32-30-27-16-14-12-10-8-6-4-2/h5-8,10-14,16-18,20-21,23-24,26-28,30,32,34,43,46-51,54-58H,3-4,9,15,19,22,25,29,31,33,35-42H2,1-2H3,(H,59,60)/b7-5+,8-6+,12-10+,13-11+,16-14+,18-17+,21-20+,24-23+,28-26+,30-27+,34-32+/t43?,46?,47-,48?,49?,50?,51?/m0/s1. The summed E-state index contributed by atoms with van der Waals surface area (Å²) in [6.45, 7) is 2.93. The first-order valence-corrected chi connectivity index (χ1v) is 24.6. The van der Waals surface area contributed by atoms with E-state index in [2.05, 4.69) is 92.8 Å². The number of aliphatic hydroxyl groups excluding tert-OH is 5. The highest BCUT2D eigenvalue weighted by Crippen LogP contribution is 2.47. The smallest absolute Gasteiger partial charge is 0.462 e. The number of allylic oxidation sites excluding steroid dienone is 22. The molecule has 1 rings (SSSR count). The third kappa shape index (κ3) is 31.5. The SMILES string of the molecule is CC/C=C/C=C/C=C/C=C/C=C/CCCC(=O)OC(COC(=O)CCCCCC/C=C/C/C=C/C/C=C/C/C=C/C/C=C/C/C=C/CC)COP(=O)(O)OC1C(O)C(O)C(O)[C@H](O)C1O. The fourth-order valence-corrected chi connectivity index (χ4v) is 6.94. The van der Waals surface area contributed by atoms with E-state index in [1.807, 2.05) is 54.7 Å². The number of phosphoric ester groups is 1. The molecule has 0 aromatic carbocycles. The van der Waals surface area contributed by atoms with Crippen LogP contribution >= 0.6 is 7.82 Å². The summed E-state index contributed by atoms with van der Waals surface area (Å²) in [4.78, 5) is 35.6. The molecule has 65 heavy (non-hydrogen) atoms. The quantitative estimate of drug-likeness (QED) is 0.0115. The summed E-state index contributed by atoms with van der Waals surface area (Å²) >= 11 is 0. The first-order chi connectivity index (χ1) is 31.4. The van der Waals surface area contributed by atoms with Crippen molar-refractivity contribution in [2.24, 2.45) is 0 Å². The van der Waals surface area contributed by atoms with Gasteiger partial charge >= 0.3 is 19.8 Å². The number of ether oxygens (including phenoxy) is 2. The van der Waals surface area contributed by atoms with E-state index in [9.17, 15) is 44.6 Å². The third-order valence-electron chi connectivity index (χ3n) is 9.62. The van der Waals surface area contributed by atoms with Gasteiger partial charge in [-0.25, -0.2) is 4.57 Å². The molecule has 7 unspecified atom stereocenters. The average molecular weight is 929 g/mol. The molecule has 364 valence electrons. The number of hydrogen-bond acceptors (Lipinski definition) is 12. The Morgan fingerprint density at radius 1 is 0.492 bits per heavy atom. The van der Waals surface area contributed by atoms with E-state index in [1.54, 1.807) is 0 Å². The summed E-state index contributed by atoms with van der Waals surface area (Å²) in [5, 5.41) is 50.1. The van der Waals surface area contributed by atoms with Crippen molar-refractivity contribution in [3.8, 4) is 0 Å². The lowest BCUT2D eigenvalue weighted by Crippen LogP contribution is -2.64. The molecule has 0 bridgehead atoms. The molecule has 1 aliphatic rings. The van der Waals surface area contributed by atoms with Gasteiger partial charge < -0.3 is 39.9 Å². The van der Waals surface area contributed by atoms with E-state index >= 15 is 0 Å². The minimum Gasteiger partial charge on any atom is -0.462 e. The molecule has 14 heteroatoms. The number of carbonyl (C=O) groups is 2. The van der Waals surface area contributed by atoms with Gasteiger partial charge in [-0.1, -0.05) is 160 Å². The molecule has 1 saturated carbocycles. The molecule has 8 atom stereocenters. The van der Waals surface area contributed by atoms with Gasteiger partial charge in [-0.3, -0.25) is 18.6 Å². The zero-order valence-corrected chi connectivity index (χ0v) is 39.4.